The highest BCUT2D eigenvalue weighted by atomic mass is 16.6. The minimum atomic E-state index is -0.475. The van der Waals surface area contributed by atoms with Crippen LogP contribution in [0.2, 0.25) is 0 Å². The van der Waals surface area contributed by atoms with Crippen molar-refractivity contribution in [2.24, 2.45) is 0 Å². The number of hydrogen-bond donors (Lipinski definition) is 1. The molecular weight excluding hydrogens is 288 g/mol. The SMILES string of the molecule is Cc1nccn1-c1ncc(NC(=O)CN2CCOC2=O)cn1. The van der Waals surface area contributed by atoms with E-state index in [2.05, 4.69) is 20.3 Å². The summed E-state index contributed by atoms with van der Waals surface area (Å²) in [5, 5.41) is 2.64. The van der Waals surface area contributed by atoms with Crippen LogP contribution >= 0.6 is 0 Å². The standard InChI is InChI=1S/C13H14N6O3/c1-9-14-2-3-19(9)12-15-6-10(7-16-12)17-11(20)8-18-4-5-22-13(18)21/h2-3,6-7H,4-5,8H2,1H3,(H,17,20). The van der Waals surface area contributed by atoms with Gasteiger partial charge in [0, 0.05) is 12.4 Å². The first-order valence-electron chi connectivity index (χ1n) is 6.67. The van der Waals surface area contributed by atoms with Gasteiger partial charge in [0.15, 0.2) is 0 Å². The molecule has 3 heterocycles. The summed E-state index contributed by atoms with van der Waals surface area (Å²) in [6, 6.07) is 0. The molecule has 0 atom stereocenters. The van der Waals surface area contributed by atoms with Crippen molar-refractivity contribution in [3.8, 4) is 5.95 Å². The average Bonchev–Trinajstić information content (AvgIpc) is 3.09. The number of aromatic nitrogens is 4. The number of aryl methyl sites for hydroxylation is 1. The first-order chi connectivity index (χ1) is 10.6. The largest absolute Gasteiger partial charge is 0.448 e. The van der Waals surface area contributed by atoms with E-state index in [9.17, 15) is 9.59 Å². The molecule has 3 rings (SSSR count). The smallest absolute Gasteiger partial charge is 0.410 e. The second kappa shape index (κ2) is 5.80. The van der Waals surface area contributed by atoms with E-state index < -0.39 is 6.09 Å². The average molecular weight is 302 g/mol. The number of anilines is 1. The Morgan fingerprint density at radius 3 is 2.73 bits per heavy atom. The van der Waals surface area contributed by atoms with Gasteiger partial charge in [0.05, 0.1) is 24.6 Å². The predicted octanol–water partition coefficient (Wildman–Crippen LogP) is 0.361. The quantitative estimate of drug-likeness (QED) is 0.875. The van der Waals surface area contributed by atoms with Gasteiger partial charge in [0.25, 0.3) is 0 Å². The van der Waals surface area contributed by atoms with Crippen LogP contribution in [0.3, 0.4) is 0 Å². The van der Waals surface area contributed by atoms with Crippen LogP contribution in [0.4, 0.5) is 10.5 Å². The topological polar surface area (TPSA) is 102 Å². The molecule has 2 aromatic rings. The van der Waals surface area contributed by atoms with Crippen LogP contribution in [0.5, 0.6) is 0 Å². The number of carbonyl (C=O) groups is 2. The van der Waals surface area contributed by atoms with E-state index in [0.717, 1.165) is 5.82 Å². The van der Waals surface area contributed by atoms with Crippen molar-refractivity contribution in [1.29, 1.82) is 0 Å². The molecule has 1 aliphatic rings. The van der Waals surface area contributed by atoms with Gasteiger partial charge in [-0.3, -0.25) is 14.3 Å². The fourth-order valence-electron chi connectivity index (χ4n) is 2.04. The van der Waals surface area contributed by atoms with Gasteiger partial charge in [-0.1, -0.05) is 0 Å². The molecule has 22 heavy (non-hydrogen) atoms. The fourth-order valence-corrected chi connectivity index (χ4v) is 2.04. The van der Waals surface area contributed by atoms with Crippen molar-refractivity contribution in [2.45, 2.75) is 6.92 Å². The minimum absolute atomic E-state index is 0.0544. The molecule has 0 saturated carbocycles. The molecule has 1 fully saturated rings. The highest BCUT2D eigenvalue weighted by molar-refractivity contribution is 5.93. The molecule has 2 amide bonds. The molecule has 114 valence electrons. The van der Waals surface area contributed by atoms with Gasteiger partial charge >= 0.3 is 6.09 Å². The molecule has 1 N–H and O–H groups in total. The first-order valence-corrected chi connectivity index (χ1v) is 6.67. The van der Waals surface area contributed by atoms with Crippen LogP contribution in [0.1, 0.15) is 5.82 Å². The normalized spacial score (nSPS) is 14.0. The summed E-state index contributed by atoms with van der Waals surface area (Å²) >= 11 is 0. The number of rotatable bonds is 4. The number of carbonyl (C=O) groups excluding carboxylic acids is 2. The Hall–Kier alpha value is -2.97. The van der Waals surface area contributed by atoms with Gasteiger partial charge in [-0.05, 0) is 6.92 Å². The lowest BCUT2D eigenvalue weighted by Gasteiger charge is -2.12. The van der Waals surface area contributed by atoms with E-state index in [4.69, 9.17) is 4.74 Å². The molecule has 0 unspecified atom stereocenters. The van der Waals surface area contributed by atoms with E-state index in [-0.39, 0.29) is 12.5 Å². The number of amides is 2. The van der Waals surface area contributed by atoms with E-state index >= 15 is 0 Å². The molecule has 0 aromatic carbocycles. The van der Waals surface area contributed by atoms with Crippen LogP contribution in [-0.2, 0) is 9.53 Å². The van der Waals surface area contributed by atoms with Gasteiger partial charge < -0.3 is 10.1 Å². The summed E-state index contributed by atoms with van der Waals surface area (Å²) < 4.78 is 6.49. The first kappa shape index (κ1) is 14.0. The maximum absolute atomic E-state index is 11.9. The van der Waals surface area contributed by atoms with Crippen LogP contribution in [-0.4, -0.2) is 56.1 Å². The molecule has 0 bridgehead atoms. The lowest BCUT2D eigenvalue weighted by atomic mass is 10.4. The van der Waals surface area contributed by atoms with Crippen LogP contribution in [0.25, 0.3) is 5.95 Å². The number of hydrogen-bond acceptors (Lipinski definition) is 6. The molecule has 1 saturated heterocycles. The van der Waals surface area contributed by atoms with E-state index in [1.54, 1.807) is 17.0 Å². The Morgan fingerprint density at radius 1 is 1.36 bits per heavy atom. The Labute approximate surface area is 125 Å². The molecular formula is C13H14N6O3. The monoisotopic (exact) mass is 302 g/mol. The summed E-state index contributed by atoms with van der Waals surface area (Å²) in [6.07, 6.45) is 5.94. The third-order valence-corrected chi connectivity index (χ3v) is 3.14. The van der Waals surface area contributed by atoms with E-state index in [1.807, 2.05) is 6.92 Å². The van der Waals surface area contributed by atoms with E-state index in [0.29, 0.717) is 24.8 Å². The Balaban J connectivity index is 1.62. The second-order valence-corrected chi connectivity index (χ2v) is 4.70. The fraction of sp³-hybridized carbons (Fsp3) is 0.308. The minimum Gasteiger partial charge on any atom is -0.448 e. The summed E-state index contributed by atoms with van der Waals surface area (Å²) in [5.41, 5.74) is 0.457. The van der Waals surface area contributed by atoms with Crippen molar-refractivity contribution in [1.82, 2.24) is 24.4 Å². The zero-order valence-electron chi connectivity index (χ0n) is 11.9. The number of nitrogens with zero attached hydrogens (tertiary/aromatic N) is 5. The molecule has 9 nitrogen and oxygen atoms in total. The van der Waals surface area contributed by atoms with Gasteiger partial charge in [0.2, 0.25) is 11.9 Å². The Bertz CT molecular complexity index is 696. The van der Waals surface area contributed by atoms with Crippen molar-refractivity contribution in [3.05, 3.63) is 30.6 Å². The second-order valence-electron chi connectivity index (χ2n) is 4.70. The van der Waals surface area contributed by atoms with Crippen LogP contribution in [0, 0.1) is 6.92 Å². The number of cyclic esters (lactones) is 1. The summed E-state index contributed by atoms with van der Waals surface area (Å²) in [4.78, 5) is 36.9. The van der Waals surface area contributed by atoms with Crippen molar-refractivity contribution in [2.75, 3.05) is 25.0 Å². The Morgan fingerprint density at radius 2 is 2.14 bits per heavy atom. The van der Waals surface area contributed by atoms with E-state index in [1.165, 1.54) is 17.3 Å². The summed E-state index contributed by atoms with van der Waals surface area (Å²) in [5.74, 6) is 0.912. The van der Waals surface area contributed by atoms with Gasteiger partial charge in [-0.2, -0.15) is 0 Å². The van der Waals surface area contributed by atoms with Gasteiger partial charge in [-0.15, -0.1) is 0 Å². The third-order valence-electron chi connectivity index (χ3n) is 3.14. The number of ether oxygens (including phenoxy) is 1. The molecule has 0 aliphatic carbocycles. The number of imidazole rings is 1. The van der Waals surface area contributed by atoms with Crippen LogP contribution in [0.15, 0.2) is 24.8 Å². The summed E-state index contributed by atoms with van der Waals surface area (Å²) in [7, 11) is 0. The Kier molecular flexibility index (Phi) is 3.69. The lowest BCUT2D eigenvalue weighted by Crippen LogP contribution is -2.33. The molecule has 1 aliphatic heterocycles. The molecule has 0 spiro atoms. The highest BCUT2D eigenvalue weighted by Gasteiger charge is 2.24. The predicted molar refractivity (Wildman–Crippen MR) is 75.4 cm³/mol. The summed E-state index contributed by atoms with van der Waals surface area (Å²) in [6.45, 7) is 2.52. The molecule has 0 radical (unpaired) electrons. The van der Waals surface area contributed by atoms with Gasteiger partial charge in [-0.25, -0.2) is 19.7 Å². The maximum atomic E-state index is 11.9. The molecule has 9 heteroatoms. The third kappa shape index (κ3) is 2.87. The lowest BCUT2D eigenvalue weighted by molar-refractivity contribution is -0.116. The van der Waals surface area contributed by atoms with Crippen molar-refractivity contribution in [3.63, 3.8) is 0 Å². The van der Waals surface area contributed by atoms with Crippen LogP contribution < -0.4 is 5.32 Å². The molecule has 2 aromatic heterocycles. The number of nitrogens with one attached hydrogen (secondary N) is 1. The zero-order chi connectivity index (χ0) is 15.5. The maximum Gasteiger partial charge on any atom is 0.410 e. The van der Waals surface area contributed by atoms with Crippen molar-refractivity contribution < 1.29 is 14.3 Å². The highest BCUT2D eigenvalue weighted by Crippen LogP contribution is 2.09. The zero-order valence-corrected chi connectivity index (χ0v) is 11.9. The van der Waals surface area contributed by atoms with Crippen molar-refractivity contribution >= 4 is 17.7 Å². The van der Waals surface area contributed by atoms with Gasteiger partial charge in [0.1, 0.15) is 19.0 Å².